The van der Waals surface area contributed by atoms with Gasteiger partial charge in [0.05, 0.1) is 17.2 Å². The molecule has 16 heavy (non-hydrogen) atoms. The molecule has 0 amide bonds. The minimum atomic E-state index is -0.145. The van der Waals surface area contributed by atoms with Crippen LogP contribution in [0.4, 0.5) is 5.00 Å². The second-order valence-corrected chi connectivity index (χ2v) is 5.21. The van der Waals surface area contributed by atoms with Crippen LogP contribution < -0.4 is 4.90 Å². The first-order valence-electron chi connectivity index (χ1n) is 5.84. The van der Waals surface area contributed by atoms with Crippen molar-refractivity contribution >= 4 is 22.3 Å². The summed E-state index contributed by atoms with van der Waals surface area (Å²) in [5.41, 5.74) is 2.08. The van der Waals surface area contributed by atoms with Crippen molar-refractivity contribution in [1.82, 2.24) is 0 Å². The summed E-state index contributed by atoms with van der Waals surface area (Å²) in [6, 6.07) is 0. The van der Waals surface area contributed by atoms with Gasteiger partial charge in [0.2, 0.25) is 0 Å². The molecule has 0 N–H and O–H groups in total. The Morgan fingerprint density at radius 1 is 1.56 bits per heavy atom. The average molecular weight is 237 g/mol. The second kappa shape index (κ2) is 3.77. The molecule has 4 heterocycles. The van der Waals surface area contributed by atoms with E-state index < -0.39 is 0 Å². The smallest absolute Gasteiger partial charge is 0.339 e. The molecule has 0 unspecified atom stereocenters. The minimum Gasteiger partial charge on any atom is -0.462 e. The maximum absolute atomic E-state index is 11.8. The number of esters is 1. The Hall–Kier alpha value is -1.03. The van der Waals surface area contributed by atoms with Gasteiger partial charge in [-0.2, -0.15) is 0 Å². The first kappa shape index (κ1) is 10.1. The SMILES string of the molecule is CCOC(=O)c1csc2c1C1CCN2CC1. The van der Waals surface area contributed by atoms with E-state index in [4.69, 9.17) is 4.74 Å². The Morgan fingerprint density at radius 2 is 2.31 bits per heavy atom. The van der Waals surface area contributed by atoms with E-state index in [2.05, 4.69) is 4.90 Å². The number of carbonyl (C=O) groups is 1. The van der Waals surface area contributed by atoms with Crippen molar-refractivity contribution in [3.05, 3.63) is 16.5 Å². The zero-order valence-corrected chi connectivity index (χ0v) is 10.2. The largest absolute Gasteiger partial charge is 0.462 e. The molecule has 3 aliphatic heterocycles. The molecule has 0 aromatic carbocycles. The van der Waals surface area contributed by atoms with Crippen molar-refractivity contribution in [2.75, 3.05) is 24.6 Å². The fraction of sp³-hybridized carbons (Fsp3) is 0.583. The highest BCUT2D eigenvalue weighted by Gasteiger charge is 2.35. The summed E-state index contributed by atoms with van der Waals surface area (Å²) < 4.78 is 5.11. The van der Waals surface area contributed by atoms with E-state index >= 15 is 0 Å². The Balaban J connectivity index is 2.00. The van der Waals surface area contributed by atoms with Gasteiger partial charge in [0, 0.05) is 24.0 Å². The number of rotatable bonds is 2. The highest BCUT2D eigenvalue weighted by atomic mass is 32.1. The molecule has 3 nitrogen and oxygen atoms in total. The third kappa shape index (κ3) is 1.36. The Kier molecular flexibility index (Phi) is 2.39. The van der Waals surface area contributed by atoms with Crippen LogP contribution >= 0.6 is 11.3 Å². The molecular weight excluding hydrogens is 222 g/mol. The van der Waals surface area contributed by atoms with Gasteiger partial charge >= 0.3 is 5.97 Å². The lowest BCUT2D eigenvalue weighted by molar-refractivity contribution is 0.0524. The fourth-order valence-electron chi connectivity index (χ4n) is 2.73. The molecule has 0 radical (unpaired) electrons. The summed E-state index contributed by atoms with van der Waals surface area (Å²) in [7, 11) is 0. The lowest BCUT2D eigenvalue weighted by Gasteiger charge is -2.40. The number of hydrogen-bond acceptors (Lipinski definition) is 4. The van der Waals surface area contributed by atoms with Gasteiger partial charge in [-0.15, -0.1) is 11.3 Å². The van der Waals surface area contributed by atoms with Gasteiger partial charge in [-0.05, 0) is 25.7 Å². The van der Waals surface area contributed by atoms with Gasteiger partial charge in [0.1, 0.15) is 0 Å². The number of piperidine rings is 1. The molecule has 1 aromatic rings. The lowest BCUT2D eigenvalue weighted by atomic mass is 9.84. The molecule has 1 aromatic heterocycles. The topological polar surface area (TPSA) is 29.5 Å². The van der Waals surface area contributed by atoms with Gasteiger partial charge in [-0.1, -0.05) is 0 Å². The molecule has 0 atom stereocenters. The summed E-state index contributed by atoms with van der Waals surface area (Å²) in [4.78, 5) is 14.2. The maximum Gasteiger partial charge on any atom is 0.339 e. The number of thiophene rings is 1. The summed E-state index contributed by atoms with van der Waals surface area (Å²) >= 11 is 1.69. The number of anilines is 1. The van der Waals surface area contributed by atoms with Crippen molar-refractivity contribution in [3.63, 3.8) is 0 Å². The molecule has 0 aliphatic carbocycles. The van der Waals surface area contributed by atoms with E-state index in [1.54, 1.807) is 11.3 Å². The summed E-state index contributed by atoms with van der Waals surface area (Å²) in [6.07, 6.45) is 2.38. The average Bonchev–Trinajstić information content (AvgIpc) is 2.77. The van der Waals surface area contributed by atoms with Crippen LogP contribution in [0.25, 0.3) is 0 Å². The van der Waals surface area contributed by atoms with Crippen LogP contribution in [0.1, 0.15) is 41.6 Å². The monoisotopic (exact) mass is 237 g/mol. The lowest BCUT2D eigenvalue weighted by Crippen LogP contribution is -2.38. The summed E-state index contributed by atoms with van der Waals surface area (Å²) in [6.45, 7) is 4.62. The van der Waals surface area contributed by atoms with E-state index in [1.165, 1.54) is 23.4 Å². The van der Waals surface area contributed by atoms with E-state index in [-0.39, 0.29) is 5.97 Å². The number of carbonyl (C=O) groups excluding carboxylic acids is 1. The maximum atomic E-state index is 11.8. The highest BCUT2D eigenvalue weighted by Crippen LogP contribution is 2.47. The second-order valence-electron chi connectivity index (χ2n) is 4.35. The molecule has 4 rings (SSSR count). The van der Waals surface area contributed by atoms with E-state index in [0.717, 1.165) is 18.7 Å². The van der Waals surface area contributed by atoms with Gasteiger partial charge in [0.15, 0.2) is 0 Å². The van der Waals surface area contributed by atoms with E-state index in [1.807, 2.05) is 12.3 Å². The van der Waals surface area contributed by atoms with Crippen LogP contribution in [0.15, 0.2) is 5.38 Å². The minimum absolute atomic E-state index is 0.145. The predicted octanol–water partition coefficient (Wildman–Crippen LogP) is 2.62. The van der Waals surface area contributed by atoms with Gasteiger partial charge in [-0.3, -0.25) is 0 Å². The normalized spacial score (nSPS) is 18.7. The third-order valence-corrected chi connectivity index (χ3v) is 4.55. The van der Waals surface area contributed by atoms with Crippen LogP contribution in [0, 0.1) is 0 Å². The van der Waals surface area contributed by atoms with Crippen molar-refractivity contribution in [3.8, 4) is 0 Å². The number of ether oxygens (including phenoxy) is 1. The first-order chi connectivity index (χ1) is 7.81. The third-order valence-electron chi connectivity index (χ3n) is 3.49. The van der Waals surface area contributed by atoms with Crippen molar-refractivity contribution in [2.24, 2.45) is 0 Å². The Labute approximate surface area is 99.0 Å². The Bertz CT molecular complexity index is 419. The molecule has 0 spiro atoms. The molecule has 4 heteroatoms. The number of fused-ring (bicyclic) bond motifs is 2. The van der Waals surface area contributed by atoms with Crippen LogP contribution in [0.3, 0.4) is 0 Å². The van der Waals surface area contributed by atoms with Gasteiger partial charge < -0.3 is 9.64 Å². The van der Waals surface area contributed by atoms with E-state index in [9.17, 15) is 4.79 Å². The van der Waals surface area contributed by atoms with Crippen LogP contribution in [-0.2, 0) is 4.74 Å². The quantitative estimate of drug-likeness (QED) is 0.740. The predicted molar refractivity (Wildman–Crippen MR) is 64.5 cm³/mol. The van der Waals surface area contributed by atoms with E-state index in [0.29, 0.717) is 12.5 Å². The molecule has 2 bridgehead atoms. The molecular formula is C12H15NO2S. The summed E-state index contributed by atoms with van der Waals surface area (Å²) in [5, 5.41) is 3.28. The molecule has 3 aliphatic rings. The van der Waals surface area contributed by atoms with Crippen molar-refractivity contribution < 1.29 is 9.53 Å². The molecule has 1 saturated heterocycles. The first-order valence-corrected chi connectivity index (χ1v) is 6.72. The molecule has 86 valence electrons. The summed E-state index contributed by atoms with van der Waals surface area (Å²) in [5.74, 6) is 0.444. The highest BCUT2D eigenvalue weighted by molar-refractivity contribution is 7.14. The standard InChI is InChI=1S/C12H15NO2S/c1-2-15-12(14)9-7-16-11-10(9)8-3-5-13(11)6-4-8/h7-8H,2-6H2,1H3. The number of hydrogen-bond donors (Lipinski definition) is 0. The number of nitrogens with zero attached hydrogens (tertiary/aromatic N) is 1. The fourth-order valence-corrected chi connectivity index (χ4v) is 3.92. The van der Waals surface area contributed by atoms with Crippen LogP contribution in [0.2, 0.25) is 0 Å². The van der Waals surface area contributed by atoms with Crippen molar-refractivity contribution in [2.45, 2.75) is 25.7 Å². The van der Waals surface area contributed by atoms with Gasteiger partial charge in [0.25, 0.3) is 0 Å². The zero-order valence-electron chi connectivity index (χ0n) is 9.36. The molecule has 0 saturated carbocycles. The van der Waals surface area contributed by atoms with Crippen LogP contribution in [0.5, 0.6) is 0 Å². The van der Waals surface area contributed by atoms with Gasteiger partial charge in [-0.25, -0.2) is 4.79 Å². The molecule has 1 fully saturated rings. The van der Waals surface area contributed by atoms with Crippen molar-refractivity contribution in [1.29, 1.82) is 0 Å². The van der Waals surface area contributed by atoms with Crippen LogP contribution in [-0.4, -0.2) is 25.7 Å². The zero-order chi connectivity index (χ0) is 11.1. The Morgan fingerprint density at radius 3 is 3.00 bits per heavy atom.